The Labute approximate surface area is 111 Å². The van der Waals surface area contributed by atoms with E-state index in [-0.39, 0.29) is 12.6 Å². The molecule has 3 nitrogen and oxygen atoms in total. The summed E-state index contributed by atoms with van der Waals surface area (Å²) < 4.78 is 5.25. The van der Waals surface area contributed by atoms with Crippen LogP contribution in [0.25, 0.3) is 0 Å². The Morgan fingerprint density at radius 1 is 1.17 bits per heavy atom. The normalized spacial score (nSPS) is 12.6. The number of aliphatic hydroxyl groups excluding tert-OH is 1. The van der Waals surface area contributed by atoms with Gasteiger partial charge in [-0.2, -0.15) is 0 Å². The first-order chi connectivity index (χ1) is 8.78. The summed E-state index contributed by atoms with van der Waals surface area (Å²) in [4.78, 5) is 0. The fourth-order valence-electron chi connectivity index (χ4n) is 1.79. The summed E-state index contributed by atoms with van der Waals surface area (Å²) in [6.07, 6.45) is 0.784. The van der Waals surface area contributed by atoms with E-state index in [1.807, 2.05) is 36.4 Å². The molecule has 0 amide bonds. The molecular formula is C14H16ClNO2. The fraction of sp³-hybridized carbons (Fsp3) is 0.286. The molecule has 0 saturated carbocycles. The summed E-state index contributed by atoms with van der Waals surface area (Å²) in [5.41, 5.74) is 1.20. The van der Waals surface area contributed by atoms with Gasteiger partial charge in [-0.1, -0.05) is 30.3 Å². The van der Waals surface area contributed by atoms with Gasteiger partial charge in [-0.15, -0.1) is 0 Å². The molecule has 1 heterocycles. The van der Waals surface area contributed by atoms with Gasteiger partial charge in [0, 0.05) is 6.04 Å². The molecule has 2 aromatic rings. The van der Waals surface area contributed by atoms with Crippen molar-refractivity contribution >= 4 is 11.6 Å². The molecular weight excluding hydrogens is 250 g/mol. The molecule has 1 atom stereocenters. The van der Waals surface area contributed by atoms with Crippen LogP contribution in [-0.4, -0.2) is 17.8 Å². The van der Waals surface area contributed by atoms with Gasteiger partial charge in [0.05, 0.1) is 13.2 Å². The van der Waals surface area contributed by atoms with E-state index in [1.165, 1.54) is 5.56 Å². The molecule has 0 bridgehead atoms. The molecule has 0 saturated heterocycles. The van der Waals surface area contributed by atoms with Gasteiger partial charge in [-0.05, 0) is 35.7 Å². The van der Waals surface area contributed by atoms with Crippen LogP contribution in [0.1, 0.15) is 11.3 Å². The van der Waals surface area contributed by atoms with Crippen LogP contribution in [0, 0.1) is 0 Å². The number of aliphatic hydroxyl groups is 1. The topological polar surface area (TPSA) is 45.4 Å². The minimum absolute atomic E-state index is 0.0104. The maximum atomic E-state index is 9.35. The second kappa shape index (κ2) is 6.59. The number of rotatable bonds is 6. The van der Waals surface area contributed by atoms with E-state index in [0.717, 1.165) is 12.2 Å². The van der Waals surface area contributed by atoms with E-state index < -0.39 is 0 Å². The molecule has 0 aliphatic heterocycles. The molecule has 0 aliphatic carbocycles. The number of furan rings is 1. The molecule has 18 heavy (non-hydrogen) atoms. The molecule has 0 unspecified atom stereocenters. The number of hydrogen-bond acceptors (Lipinski definition) is 3. The fourth-order valence-corrected chi connectivity index (χ4v) is 1.95. The summed E-state index contributed by atoms with van der Waals surface area (Å²) in [7, 11) is 0. The maximum absolute atomic E-state index is 9.35. The SMILES string of the molecule is OC[C@H](Cc1ccccc1)NCc1ccc(Cl)o1. The third kappa shape index (κ3) is 3.88. The van der Waals surface area contributed by atoms with Gasteiger partial charge in [0.15, 0.2) is 5.22 Å². The monoisotopic (exact) mass is 265 g/mol. The Morgan fingerprint density at radius 2 is 1.94 bits per heavy atom. The van der Waals surface area contributed by atoms with Gasteiger partial charge < -0.3 is 14.8 Å². The zero-order valence-corrected chi connectivity index (χ0v) is 10.7. The van der Waals surface area contributed by atoms with E-state index in [9.17, 15) is 5.11 Å². The molecule has 0 radical (unpaired) electrons. The molecule has 4 heteroatoms. The number of nitrogens with one attached hydrogen (secondary N) is 1. The van der Waals surface area contributed by atoms with E-state index in [1.54, 1.807) is 6.07 Å². The van der Waals surface area contributed by atoms with Crippen molar-refractivity contribution < 1.29 is 9.52 Å². The van der Waals surface area contributed by atoms with Crippen LogP contribution in [0.2, 0.25) is 5.22 Å². The third-order valence-electron chi connectivity index (χ3n) is 2.74. The van der Waals surface area contributed by atoms with Crippen molar-refractivity contribution in [1.82, 2.24) is 5.32 Å². The second-order valence-corrected chi connectivity index (χ2v) is 4.53. The van der Waals surface area contributed by atoms with Gasteiger partial charge in [0.2, 0.25) is 0 Å². The number of halogens is 1. The van der Waals surface area contributed by atoms with E-state index in [2.05, 4.69) is 5.32 Å². The Hall–Kier alpha value is -1.29. The molecule has 96 valence electrons. The van der Waals surface area contributed by atoms with Gasteiger partial charge in [-0.3, -0.25) is 0 Å². The van der Waals surface area contributed by atoms with Gasteiger partial charge >= 0.3 is 0 Å². The summed E-state index contributed by atoms with van der Waals surface area (Å²) in [6, 6.07) is 13.6. The van der Waals surface area contributed by atoms with Crippen molar-refractivity contribution in [2.75, 3.05) is 6.61 Å². The van der Waals surface area contributed by atoms with E-state index in [0.29, 0.717) is 11.8 Å². The average Bonchev–Trinajstić information content (AvgIpc) is 2.81. The summed E-state index contributed by atoms with van der Waals surface area (Å²) in [5, 5.41) is 13.0. The van der Waals surface area contributed by atoms with Crippen LogP contribution >= 0.6 is 11.6 Å². The third-order valence-corrected chi connectivity index (χ3v) is 2.94. The van der Waals surface area contributed by atoms with Crippen LogP contribution < -0.4 is 5.32 Å². The second-order valence-electron chi connectivity index (χ2n) is 4.16. The standard InChI is InChI=1S/C14H16ClNO2/c15-14-7-6-13(18-14)9-16-12(10-17)8-11-4-2-1-3-5-11/h1-7,12,16-17H,8-10H2/t12-/m0/s1. The van der Waals surface area contributed by atoms with Gasteiger partial charge in [-0.25, -0.2) is 0 Å². The Balaban J connectivity index is 1.86. The van der Waals surface area contributed by atoms with Gasteiger partial charge in [0.25, 0.3) is 0 Å². The first-order valence-corrected chi connectivity index (χ1v) is 6.28. The van der Waals surface area contributed by atoms with Crippen molar-refractivity contribution in [3.63, 3.8) is 0 Å². The lowest BCUT2D eigenvalue weighted by atomic mass is 10.1. The molecule has 2 N–H and O–H groups in total. The predicted octanol–water partition coefficient (Wildman–Crippen LogP) is 2.63. The first kappa shape index (κ1) is 13.1. The lowest BCUT2D eigenvalue weighted by Crippen LogP contribution is -2.33. The van der Waals surface area contributed by atoms with Crippen molar-refractivity contribution in [3.8, 4) is 0 Å². The average molecular weight is 266 g/mol. The van der Waals surface area contributed by atoms with Crippen molar-refractivity contribution in [2.45, 2.75) is 19.0 Å². The number of benzene rings is 1. The lowest BCUT2D eigenvalue weighted by molar-refractivity contribution is 0.238. The maximum Gasteiger partial charge on any atom is 0.193 e. The Bertz CT molecular complexity index is 470. The lowest BCUT2D eigenvalue weighted by Gasteiger charge is -2.15. The van der Waals surface area contributed by atoms with Crippen LogP contribution in [0.3, 0.4) is 0 Å². The first-order valence-electron chi connectivity index (χ1n) is 5.90. The van der Waals surface area contributed by atoms with Crippen molar-refractivity contribution in [1.29, 1.82) is 0 Å². The van der Waals surface area contributed by atoms with Crippen molar-refractivity contribution in [2.24, 2.45) is 0 Å². The minimum Gasteiger partial charge on any atom is -0.448 e. The Kier molecular flexibility index (Phi) is 4.81. The number of hydrogen-bond donors (Lipinski definition) is 2. The smallest absolute Gasteiger partial charge is 0.193 e. The zero-order valence-electron chi connectivity index (χ0n) is 9.97. The highest BCUT2D eigenvalue weighted by Gasteiger charge is 2.09. The summed E-state index contributed by atoms with van der Waals surface area (Å²) in [6.45, 7) is 0.647. The quantitative estimate of drug-likeness (QED) is 0.844. The minimum atomic E-state index is 0.0104. The highest BCUT2D eigenvalue weighted by molar-refractivity contribution is 6.28. The van der Waals surface area contributed by atoms with E-state index in [4.69, 9.17) is 16.0 Å². The zero-order chi connectivity index (χ0) is 12.8. The van der Waals surface area contributed by atoms with Crippen LogP contribution in [0.4, 0.5) is 0 Å². The molecule has 0 aliphatic rings. The van der Waals surface area contributed by atoms with Crippen LogP contribution in [0.5, 0.6) is 0 Å². The molecule has 0 fully saturated rings. The van der Waals surface area contributed by atoms with Crippen molar-refractivity contribution in [3.05, 3.63) is 59.0 Å². The van der Waals surface area contributed by atoms with Crippen LogP contribution in [-0.2, 0) is 13.0 Å². The summed E-state index contributed by atoms with van der Waals surface area (Å²) in [5.74, 6) is 0.770. The highest BCUT2D eigenvalue weighted by atomic mass is 35.5. The van der Waals surface area contributed by atoms with Crippen LogP contribution in [0.15, 0.2) is 46.9 Å². The molecule has 1 aromatic carbocycles. The Morgan fingerprint density at radius 3 is 2.56 bits per heavy atom. The van der Waals surface area contributed by atoms with E-state index >= 15 is 0 Å². The predicted molar refractivity (Wildman–Crippen MR) is 71.6 cm³/mol. The molecule has 0 spiro atoms. The largest absolute Gasteiger partial charge is 0.448 e. The highest BCUT2D eigenvalue weighted by Crippen LogP contribution is 2.13. The molecule has 2 rings (SSSR count). The summed E-state index contributed by atoms with van der Waals surface area (Å²) >= 11 is 5.70. The van der Waals surface area contributed by atoms with Gasteiger partial charge in [0.1, 0.15) is 5.76 Å². The molecule has 1 aromatic heterocycles.